The van der Waals surface area contributed by atoms with Crippen molar-refractivity contribution in [1.82, 2.24) is 4.90 Å². The predicted octanol–water partition coefficient (Wildman–Crippen LogP) is 4.01. The number of benzene rings is 2. The van der Waals surface area contributed by atoms with Crippen LogP contribution in [-0.4, -0.2) is 29.2 Å². The number of nitrogens with one attached hydrogen (secondary N) is 1. The topological polar surface area (TPSA) is 66.5 Å². The number of halogens is 2. The number of hydrogen-bond donors (Lipinski definition) is 1. The molecule has 0 saturated carbocycles. The van der Waals surface area contributed by atoms with Gasteiger partial charge in [-0.3, -0.25) is 19.3 Å². The van der Waals surface area contributed by atoms with Gasteiger partial charge in [0.25, 0.3) is 11.8 Å². The molecule has 0 unspecified atom stereocenters. The molecule has 0 aliphatic carbocycles. The van der Waals surface area contributed by atoms with Crippen molar-refractivity contribution in [3.63, 3.8) is 0 Å². The van der Waals surface area contributed by atoms with E-state index in [4.69, 9.17) is 23.2 Å². The molecule has 0 atom stereocenters. The van der Waals surface area contributed by atoms with Gasteiger partial charge in [0.15, 0.2) is 0 Å². The molecule has 0 bridgehead atoms. The lowest BCUT2D eigenvalue weighted by atomic mass is 10.1. The minimum atomic E-state index is -0.324. The Morgan fingerprint density at radius 3 is 2.04 bits per heavy atom. The highest BCUT2D eigenvalue weighted by atomic mass is 35.5. The maximum Gasteiger partial charge on any atom is 0.261 e. The van der Waals surface area contributed by atoms with Gasteiger partial charge in [0.2, 0.25) is 5.91 Å². The second kappa shape index (κ2) is 7.25. The third-order valence-corrected chi connectivity index (χ3v) is 4.52. The summed E-state index contributed by atoms with van der Waals surface area (Å²) in [5.74, 6) is -0.933. The number of fused-ring (bicyclic) bond motifs is 1. The number of amides is 3. The Morgan fingerprint density at radius 1 is 0.920 bits per heavy atom. The number of hydrogen-bond acceptors (Lipinski definition) is 3. The Balaban J connectivity index is 1.56. The first-order valence-corrected chi connectivity index (χ1v) is 8.43. The first-order valence-electron chi connectivity index (χ1n) is 7.68. The fraction of sp³-hybridized carbons (Fsp3) is 0.167. The first kappa shape index (κ1) is 17.5. The second-order valence-corrected chi connectivity index (χ2v) is 6.37. The van der Waals surface area contributed by atoms with Crippen LogP contribution in [-0.2, 0) is 4.79 Å². The molecule has 3 rings (SSSR count). The molecule has 7 heteroatoms. The normalized spacial score (nSPS) is 13.1. The van der Waals surface area contributed by atoms with Gasteiger partial charge in [-0.1, -0.05) is 41.4 Å². The van der Waals surface area contributed by atoms with Crippen molar-refractivity contribution < 1.29 is 14.4 Å². The average Bonchev–Trinajstić information content (AvgIpc) is 2.84. The van der Waals surface area contributed by atoms with Crippen LogP contribution in [0.2, 0.25) is 10.0 Å². The molecule has 1 aliphatic rings. The summed E-state index contributed by atoms with van der Waals surface area (Å²) in [5.41, 5.74) is 1.16. The fourth-order valence-electron chi connectivity index (χ4n) is 2.66. The average molecular weight is 377 g/mol. The fourth-order valence-corrected chi connectivity index (χ4v) is 3.15. The summed E-state index contributed by atoms with van der Waals surface area (Å²) in [6.45, 7) is 0.177. The van der Waals surface area contributed by atoms with Crippen molar-refractivity contribution in [2.45, 2.75) is 12.8 Å². The Labute approximate surface area is 154 Å². The van der Waals surface area contributed by atoms with E-state index < -0.39 is 0 Å². The molecule has 0 saturated heterocycles. The van der Waals surface area contributed by atoms with E-state index >= 15 is 0 Å². The molecular weight excluding hydrogens is 363 g/mol. The minimum absolute atomic E-state index is 0.134. The third kappa shape index (κ3) is 3.52. The zero-order chi connectivity index (χ0) is 18.0. The standard InChI is InChI=1S/C18H14Cl2N2O3/c19-13-7-3-8-14(20)16(13)21-15(23)9-4-10-22-17(24)11-5-1-2-6-12(11)18(22)25/h1-3,5-8H,4,9-10H2,(H,21,23). The summed E-state index contributed by atoms with van der Waals surface area (Å²) >= 11 is 12.0. The summed E-state index contributed by atoms with van der Waals surface area (Å²) in [6, 6.07) is 11.6. The largest absolute Gasteiger partial charge is 0.324 e. The number of anilines is 1. The molecule has 1 aliphatic heterocycles. The van der Waals surface area contributed by atoms with E-state index in [1.807, 2.05) is 0 Å². The Kier molecular flexibility index (Phi) is 5.06. The van der Waals surface area contributed by atoms with E-state index in [2.05, 4.69) is 5.32 Å². The number of rotatable bonds is 5. The van der Waals surface area contributed by atoms with Crippen LogP contribution in [0, 0.1) is 0 Å². The molecule has 1 heterocycles. The van der Waals surface area contributed by atoms with E-state index in [0.29, 0.717) is 33.3 Å². The van der Waals surface area contributed by atoms with Crippen LogP contribution in [0.15, 0.2) is 42.5 Å². The molecule has 0 fully saturated rings. The van der Waals surface area contributed by atoms with Gasteiger partial charge in [0.1, 0.15) is 0 Å². The van der Waals surface area contributed by atoms with Gasteiger partial charge in [-0.15, -0.1) is 0 Å². The first-order chi connectivity index (χ1) is 12.0. The Morgan fingerprint density at radius 2 is 1.48 bits per heavy atom. The van der Waals surface area contributed by atoms with Crippen LogP contribution in [0.3, 0.4) is 0 Å². The SMILES string of the molecule is O=C(CCCN1C(=O)c2ccccc2C1=O)Nc1c(Cl)cccc1Cl. The smallest absolute Gasteiger partial charge is 0.261 e. The van der Waals surface area contributed by atoms with Gasteiger partial charge in [-0.25, -0.2) is 0 Å². The molecule has 25 heavy (non-hydrogen) atoms. The highest BCUT2D eigenvalue weighted by molar-refractivity contribution is 6.39. The number of nitrogens with zero attached hydrogens (tertiary/aromatic N) is 1. The van der Waals surface area contributed by atoms with Crippen LogP contribution in [0.25, 0.3) is 0 Å². The summed E-state index contributed by atoms with van der Waals surface area (Å²) in [5, 5.41) is 3.35. The lowest BCUT2D eigenvalue weighted by Gasteiger charge is -2.14. The van der Waals surface area contributed by atoms with Crippen LogP contribution < -0.4 is 5.32 Å². The van der Waals surface area contributed by atoms with Gasteiger partial charge in [-0.05, 0) is 30.7 Å². The molecule has 128 valence electrons. The van der Waals surface area contributed by atoms with E-state index in [1.54, 1.807) is 42.5 Å². The maximum absolute atomic E-state index is 12.2. The van der Waals surface area contributed by atoms with Crippen molar-refractivity contribution >= 4 is 46.6 Å². The van der Waals surface area contributed by atoms with Crippen LogP contribution >= 0.6 is 23.2 Å². The zero-order valence-corrected chi connectivity index (χ0v) is 14.6. The monoisotopic (exact) mass is 376 g/mol. The molecular formula is C18H14Cl2N2O3. The molecule has 2 aromatic rings. The summed E-state index contributed by atoms with van der Waals surface area (Å²) in [7, 11) is 0. The molecule has 1 N–H and O–H groups in total. The number of carbonyl (C=O) groups excluding carboxylic acids is 3. The van der Waals surface area contributed by atoms with Crippen molar-refractivity contribution in [1.29, 1.82) is 0 Å². The van der Waals surface area contributed by atoms with Crippen LogP contribution in [0.1, 0.15) is 33.6 Å². The zero-order valence-electron chi connectivity index (χ0n) is 13.1. The predicted molar refractivity (Wildman–Crippen MR) is 96.1 cm³/mol. The van der Waals surface area contributed by atoms with Crippen molar-refractivity contribution in [3.8, 4) is 0 Å². The highest BCUT2D eigenvalue weighted by Crippen LogP contribution is 2.30. The Bertz CT molecular complexity index is 812. The van der Waals surface area contributed by atoms with Crippen molar-refractivity contribution in [3.05, 3.63) is 63.6 Å². The quantitative estimate of drug-likeness (QED) is 0.801. The van der Waals surface area contributed by atoms with E-state index in [-0.39, 0.29) is 30.7 Å². The van der Waals surface area contributed by atoms with Crippen molar-refractivity contribution in [2.24, 2.45) is 0 Å². The molecule has 0 aromatic heterocycles. The summed E-state index contributed by atoms with van der Waals surface area (Å²) in [6.07, 6.45) is 0.480. The third-order valence-electron chi connectivity index (χ3n) is 3.89. The molecule has 5 nitrogen and oxygen atoms in total. The van der Waals surface area contributed by atoms with Crippen LogP contribution in [0.5, 0.6) is 0 Å². The van der Waals surface area contributed by atoms with Crippen molar-refractivity contribution in [2.75, 3.05) is 11.9 Å². The minimum Gasteiger partial charge on any atom is -0.324 e. The Hall–Kier alpha value is -2.37. The van der Waals surface area contributed by atoms with E-state index in [1.165, 1.54) is 4.90 Å². The lowest BCUT2D eigenvalue weighted by Crippen LogP contribution is -2.31. The van der Waals surface area contributed by atoms with Gasteiger partial charge in [0.05, 0.1) is 26.9 Å². The molecule has 0 spiro atoms. The summed E-state index contributed by atoms with van der Waals surface area (Å²) < 4.78 is 0. The lowest BCUT2D eigenvalue weighted by molar-refractivity contribution is -0.116. The summed E-state index contributed by atoms with van der Waals surface area (Å²) in [4.78, 5) is 37.7. The number of imide groups is 1. The van der Waals surface area contributed by atoms with Gasteiger partial charge in [-0.2, -0.15) is 0 Å². The van der Waals surface area contributed by atoms with E-state index in [0.717, 1.165) is 0 Å². The number of carbonyl (C=O) groups is 3. The molecule has 0 radical (unpaired) electrons. The number of para-hydroxylation sites is 1. The van der Waals surface area contributed by atoms with E-state index in [9.17, 15) is 14.4 Å². The van der Waals surface area contributed by atoms with Gasteiger partial charge >= 0.3 is 0 Å². The highest BCUT2D eigenvalue weighted by Gasteiger charge is 2.34. The molecule has 3 amide bonds. The maximum atomic E-state index is 12.2. The molecule has 2 aromatic carbocycles. The van der Waals surface area contributed by atoms with Gasteiger partial charge in [0, 0.05) is 13.0 Å². The second-order valence-electron chi connectivity index (χ2n) is 5.56. The van der Waals surface area contributed by atoms with Gasteiger partial charge < -0.3 is 5.32 Å². The van der Waals surface area contributed by atoms with Crippen LogP contribution in [0.4, 0.5) is 5.69 Å².